The van der Waals surface area contributed by atoms with E-state index in [2.05, 4.69) is 5.32 Å². The van der Waals surface area contributed by atoms with Gasteiger partial charge in [0.25, 0.3) is 10.0 Å². The summed E-state index contributed by atoms with van der Waals surface area (Å²) >= 11 is 0. The molecule has 4 aromatic carbocycles. The minimum atomic E-state index is -4.16. The summed E-state index contributed by atoms with van der Waals surface area (Å²) in [6.07, 6.45) is 0.362. The summed E-state index contributed by atoms with van der Waals surface area (Å²) in [6, 6.07) is 30.8. The summed E-state index contributed by atoms with van der Waals surface area (Å²) in [4.78, 5) is 28.7. The Kier molecular flexibility index (Phi) is 10.6. The van der Waals surface area contributed by atoms with E-state index in [-0.39, 0.29) is 17.3 Å². The molecule has 1 N–H and O–H groups in total. The van der Waals surface area contributed by atoms with Crippen LogP contribution in [0.25, 0.3) is 0 Å². The molecule has 4 rings (SSSR count). The van der Waals surface area contributed by atoms with Crippen molar-refractivity contribution in [2.24, 2.45) is 0 Å². The van der Waals surface area contributed by atoms with Crippen molar-refractivity contribution in [3.05, 3.63) is 120 Å². The number of nitrogens with zero attached hydrogens (tertiary/aromatic N) is 2. The van der Waals surface area contributed by atoms with Gasteiger partial charge in [0.1, 0.15) is 24.1 Å². The molecule has 8 nitrogen and oxygen atoms in total. The lowest BCUT2D eigenvalue weighted by Crippen LogP contribution is -2.52. The number of anilines is 1. The summed E-state index contributed by atoms with van der Waals surface area (Å²) in [7, 11) is -4.16. The van der Waals surface area contributed by atoms with Crippen molar-refractivity contribution < 1.29 is 22.7 Å². The zero-order valence-electron chi connectivity index (χ0n) is 24.6. The van der Waals surface area contributed by atoms with Gasteiger partial charge in [-0.3, -0.25) is 13.9 Å². The Hall–Kier alpha value is -4.63. The van der Waals surface area contributed by atoms with Crippen LogP contribution < -0.4 is 14.4 Å². The maximum absolute atomic E-state index is 14.1. The van der Waals surface area contributed by atoms with Crippen LogP contribution in [0, 0.1) is 6.92 Å². The maximum atomic E-state index is 14.1. The van der Waals surface area contributed by atoms with E-state index in [1.807, 2.05) is 81.4 Å². The summed E-state index contributed by atoms with van der Waals surface area (Å²) in [5, 5.41) is 2.81. The topological polar surface area (TPSA) is 96.0 Å². The molecule has 43 heavy (non-hydrogen) atoms. The van der Waals surface area contributed by atoms with Crippen LogP contribution in [-0.4, -0.2) is 44.3 Å². The Morgan fingerprint density at radius 2 is 1.37 bits per heavy atom. The fourth-order valence-electron chi connectivity index (χ4n) is 4.66. The second-order valence-electron chi connectivity index (χ2n) is 10.1. The third kappa shape index (κ3) is 8.02. The van der Waals surface area contributed by atoms with Crippen LogP contribution in [0.5, 0.6) is 11.5 Å². The van der Waals surface area contributed by atoms with Gasteiger partial charge < -0.3 is 15.0 Å². The van der Waals surface area contributed by atoms with Crippen molar-refractivity contribution in [1.82, 2.24) is 10.2 Å². The van der Waals surface area contributed by atoms with Crippen LogP contribution in [0.15, 0.2) is 114 Å². The van der Waals surface area contributed by atoms with Gasteiger partial charge in [-0.25, -0.2) is 8.42 Å². The number of amides is 2. The first-order valence-corrected chi connectivity index (χ1v) is 15.7. The molecule has 9 heteroatoms. The van der Waals surface area contributed by atoms with Crippen molar-refractivity contribution in [2.75, 3.05) is 17.4 Å². The quantitative estimate of drug-likeness (QED) is 0.206. The maximum Gasteiger partial charge on any atom is 0.264 e. The molecule has 1 atom stereocenters. The number of ether oxygens (including phenoxy) is 1. The molecule has 0 saturated carbocycles. The van der Waals surface area contributed by atoms with Crippen LogP contribution >= 0.6 is 0 Å². The second kappa shape index (κ2) is 14.5. The summed E-state index contributed by atoms with van der Waals surface area (Å²) in [5.74, 6) is 0.371. The van der Waals surface area contributed by atoms with E-state index in [0.29, 0.717) is 30.2 Å². The highest BCUT2D eigenvalue weighted by molar-refractivity contribution is 7.92. The molecule has 0 bridgehead atoms. The molecule has 0 unspecified atom stereocenters. The Morgan fingerprint density at radius 3 is 1.95 bits per heavy atom. The van der Waals surface area contributed by atoms with Gasteiger partial charge in [-0.1, -0.05) is 73.2 Å². The zero-order chi connectivity index (χ0) is 30.8. The molecule has 224 valence electrons. The number of benzene rings is 4. The number of para-hydroxylation sites is 1. The number of carbonyl (C=O) groups is 2. The fourth-order valence-corrected chi connectivity index (χ4v) is 6.08. The first kappa shape index (κ1) is 31.3. The van der Waals surface area contributed by atoms with Gasteiger partial charge in [0, 0.05) is 13.1 Å². The highest BCUT2D eigenvalue weighted by Gasteiger charge is 2.33. The zero-order valence-corrected chi connectivity index (χ0v) is 25.5. The number of hydrogen-bond acceptors (Lipinski definition) is 5. The van der Waals surface area contributed by atoms with E-state index >= 15 is 0 Å². The molecular weight excluding hydrogens is 562 g/mol. The van der Waals surface area contributed by atoms with Crippen molar-refractivity contribution in [1.29, 1.82) is 0 Å². The summed E-state index contributed by atoms with van der Waals surface area (Å²) in [5.41, 5.74) is 2.03. The minimum absolute atomic E-state index is 0.0564. The monoisotopic (exact) mass is 599 g/mol. The van der Waals surface area contributed by atoms with Crippen molar-refractivity contribution >= 4 is 27.5 Å². The lowest BCUT2D eigenvalue weighted by atomic mass is 10.1. The van der Waals surface area contributed by atoms with Gasteiger partial charge in [0.15, 0.2) is 0 Å². The molecule has 0 radical (unpaired) electrons. The third-order valence-corrected chi connectivity index (χ3v) is 8.71. The normalized spacial score (nSPS) is 11.8. The Balaban J connectivity index is 1.71. The molecule has 0 aliphatic rings. The number of carbonyl (C=O) groups excluding carboxylic acids is 2. The Morgan fingerprint density at radius 1 is 0.791 bits per heavy atom. The van der Waals surface area contributed by atoms with E-state index < -0.39 is 28.5 Å². The molecule has 0 spiro atoms. The van der Waals surface area contributed by atoms with E-state index in [1.54, 1.807) is 36.4 Å². The highest BCUT2D eigenvalue weighted by Crippen LogP contribution is 2.29. The van der Waals surface area contributed by atoms with Gasteiger partial charge in [-0.15, -0.1) is 0 Å². The highest BCUT2D eigenvalue weighted by atomic mass is 32.2. The van der Waals surface area contributed by atoms with Gasteiger partial charge in [-0.05, 0) is 74.4 Å². The predicted octanol–water partition coefficient (Wildman–Crippen LogP) is 5.93. The molecule has 0 fully saturated rings. The van der Waals surface area contributed by atoms with Crippen LogP contribution in [0.1, 0.15) is 31.4 Å². The van der Waals surface area contributed by atoms with Gasteiger partial charge in [-0.2, -0.15) is 0 Å². The molecule has 0 aromatic heterocycles. The lowest BCUT2D eigenvalue weighted by Gasteiger charge is -2.33. The van der Waals surface area contributed by atoms with Crippen LogP contribution in [0.2, 0.25) is 0 Å². The number of sulfonamides is 1. The SMILES string of the molecule is CCNC(=O)[C@H](CC)N(Cc1ccccc1)C(=O)CN(c1ccc(Oc2ccccc2)cc1)S(=O)(=O)c1ccc(C)cc1. The molecular formula is C34H37N3O5S. The van der Waals surface area contributed by atoms with Crippen molar-refractivity contribution in [2.45, 2.75) is 44.7 Å². The third-order valence-electron chi connectivity index (χ3n) is 6.92. The first-order valence-electron chi connectivity index (χ1n) is 14.3. The number of nitrogens with one attached hydrogen (secondary N) is 1. The number of aryl methyl sites for hydroxylation is 1. The lowest BCUT2D eigenvalue weighted by molar-refractivity contribution is -0.140. The number of likely N-dealkylation sites (N-methyl/N-ethyl adjacent to an activating group) is 1. The van der Waals surface area contributed by atoms with E-state index in [4.69, 9.17) is 4.74 Å². The fraction of sp³-hybridized carbons (Fsp3) is 0.235. The van der Waals surface area contributed by atoms with E-state index in [1.165, 1.54) is 17.0 Å². The largest absolute Gasteiger partial charge is 0.457 e. The molecule has 2 amide bonds. The summed E-state index contributed by atoms with van der Waals surface area (Å²) in [6.45, 7) is 5.58. The molecule has 0 aliphatic carbocycles. The van der Waals surface area contributed by atoms with E-state index in [0.717, 1.165) is 15.4 Å². The van der Waals surface area contributed by atoms with Crippen molar-refractivity contribution in [3.63, 3.8) is 0 Å². The molecule has 4 aromatic rings. The number of hydrogen-bond donors (Lipinski definition) is 1. The second-order valence-corrected chi connectivity index (χ2v) is 11.9. The average molecular weight is 600 g/mol. The van der Waals surface area contributed by atoms with Crippen LogP contribution in [0.3, 0.4) is 0 Å². The molecule has 0 saturated heterocycles. The summed E-state index contributed by atoms with van der Waals surface area (Å²) < 4.78 is 35.1. The van der Waals surface area contributed by atoms with Gasteiger partial charge in [0.05, 0.1) is 10.6 Å². The van der Waals surface area contributed by atoms with Crippen molar-refractivity contribution in [3.8, 4) is 11.5 Å². The van der Waals surface area contributed by atoms with Crippen LogP contribution in [0.4, 0.5) is 5.69 Å². The number of rotatable bonds is 13. The van der Waals surface area contributed by atoms with E-state index in [9.17, 15) is 18.0 Å². The minimum Gasteiger partial charge on any atom is -0.457 e. The Bertz CT molecular complexity index is 1590. The first-order chi connectivity index (χ1) is 20.7. The van der Waals surface area contributed by atoms with Crippen LogP contribution in [-0.2, 0) is 26.2 Å². The smallest absolute Gasteiger partial charge is 0.264 e. The molecule has 0 heterocycles. The average Bonchev–Trinajstić information content (AvgIpc) is 3.01. The standard InChI is InChI=1S/C34H37N3O5S/c1-4-32(34(39)35-5-2)36(24-27-12-8-6-9-13-27)33(38)25-37(43(40,41)31-22-16-26(3)17-23-31)28-18-20-30(21-19-28)42-29-14-10-7-11-15-29/h6-23,32H,4-5,24-25H2,1-3H3,(H,35,39)/t32-/m0/s1. The predicted molar refractivity (Wildman–Crippen MR) is 168 cm³/mol. The van der Waals surface area contributed by atoms with Gasteiger partial charge in [0.2, 0.25) is 11.8 Å². The molecule has 0 aliphatic heterocycles. The van der Waals surface area contributed by atoms with Gasteiger partial charge >= 0.3 is 0 Å². The Labute approximate surface area is 254 Å².